The molecule has 0 amide bonds. The number of phosphoric acid groups is 1. The van der Waals surface area contributed by atoms with Crippen molar-refractivity contribution in [2.75, 3.05) is 0 Å². The van der Waals surface area contributed by atoms with E-state index in [1.165, 1.54) is 0 Å². The molecule has 0 radical (unpaired) electrons. The Labute approximate surface area is 94.4 Å². The van der Waals surface area contributed by atoms with Gasteiger partial charge in [0.1, 0.15) is 0 Å². The second-order valence-corrected chi connectivity index (χ2v) is 7.66. The van der Waals surface area contributed by atoms with E-state index in [0.29, 0.717) is 0 Å². The fourth-order valence-corrected chi connectivity index (χ4v) is 4.39. The molecule has 0 aromatic carbocycles. The van der Waals surface area contributed by atoms with Gasteiger partial charge in [-0.3, -0.25) is 4.52 Å². The molecule has 9 heteroatoms. The van der Waals surface area contributed by atoms with E-state index in [2.05, 4.69) is 20.6 Å². The molecule has 2 N–H and O–H groups in total. The Morgan fingerprint density at radius 3 is 1.80 bits per heavy atom. The smallest absolute Gasteiger partial charge is 0.324 e. The van der Waals surface area contributed by atoms with Crippen LogP contribution in [0.15, 0.2) is 0 Å². The SMILES string of the molecule is CC(C)OP(=O)(O)OP(O)(=S)OC(C)C. The van der Waals surface area contributed by atoms with Crippen LogP contribution >= 0.6 is 14.5 Å². The molecule has 15 heavy (non-hydrogen) atoms. The molecule has 0 aliphatic carbocycles. The van der Waals surface area contributed by atoms with Gasteiger partial charge in [0.25, 0.3) is 0 Å². The van der Waals surface area contributed by atoms with E-state index in [1.807, 2.05) is 0 Å². The zero-order chi connectivity index (χ0) is 12.3. The van der Waals surface area contributed by atoms with Gasteiger partial charge in [-0.1, -0.05) is 0 Å². The Morgan fingerprint density at radius 2 is 1.47 bits per heavy atom. The van der Waals surface area contributed by atoms with Crippen LogP contribution in [0.2, 0.25) is 0 Å². The molecule has 0 rings (SSSR count). The van der Waals surface area contributed by atoms with Crippen LogP contribution in [0.4, 0.5) is 0 Å². The summed E-state index contributed by atoms with van der Waals surface area (Å²) in [5, 5.41) is 0. The average Bonchev–Trinajstić information content (AvgIpc) is 1.73. The summed E-state index contributed by atoms with van der Waals surface area (Å²) < 4.78 is 25.0. The van der Waals surface area contributed by atoms with Crippen LogP contribution < -0.4 is 0 Å². The fourth-order valence-electron chi connectivity index (χ4n) is 0.702. The Bertz CT molecular complexity index is 263. The quantitative estimate of drug-likeness (QED) is 0.720. The summed E-state index contributed by atoms with van der Waals surface area (Å²) in [5.74, 6) is 0. The molecule has 0 aliphatic rings. The van der Waals surface area contributed by atoms with Crippen LogP contribution in [0.1, 0.15) is 27.7 Å². The van der Waals surface area contributed by atoms with Crippen molar-refractivity contribution >= 4 is 26.3 Å². The molecule has 0 aromatic heterocycles. The van der Waals surface area contributed by atoms with Gasteiger partial charge in [-0.15, -0.1) is 0 Å². The van der Waals surface area contributed by atoms with E-state index in [4.69, 9.17) is 9.42 Å². The molecule has 2 atom stereocenters. The van der Waals surface area contributed by atoms with E-state index in [-0.39, 0.29) is 0 Å². The first-order valence-corrected chi connectivity index (χ1v) is 8.36. The van der Waals surface area contributed by atoms with Crippen LogP contribution in [0.3, 0.4) is 0 Å². The Kier molecular flexibility index (Phi) is 6.11. The largest absolute Gasteiger partial charge is 0.479 e. The Hall–Kier alpha value is 0.680. The third-order valence-electron chi connectivity index (χ3n) is 0.894. The summed E-state index contributed by atoms with van der Waals surface area (Å²) in [6.07, 6.45) is -0.922. The molecule has 0 heterocycles. The van der Waals surface area contributed by atoms with Crippen LogP contribution in [0.5, 0.6) is 0 Å². The van der Waals surface area contributed by atoms with E-state index < -0.39 is 26.7 Å². The molecule has 0 spiro atoms. The lowest BCUT2D eigenvalue weighted by atomic mass is 10.5. The molecule has 6 nitrogen and oxygen atoms in total. The van der Waals surface area contributed by atoms with Crippen molar-refractivity contribution in [3.63, 3.8) is 0 Å². The van der Waals surface area contributed by atoms with Gasteiger partial charge in [0.15, 0.2) is 0 Å². The van der Waals surface area contributed by atoms with Gasteiger partial charge in [-0.05, 0) is 39.5 Å². The molecule has 0 aliphatic heterocycles. The summed E-state index contributed by atoms with van der Waals surface area (Å²) in [5.41, 5.74) is 0. The van der Waals surface area contributed by atoms with Crippen LogP contribution in [0.25, 0.3) is 0 Å². The molecular weight excluding hydrogens is 262 g/mol. The molecule has 0 fully saturated rings. The van der Waals surface area contributed by atoms with Crippen molar-refractivity contribution in [3.8, 4) is 0 Å². The summed E-state index contributed by atoms with van der Waals surface area (Å²) in [6, 6.07) is 0. The molecule has 0 saturated heterocycles. The molecule has 0 saturated carbocycles. The standard InChI is InChI=1S/C6H16O6P2S/c1-5(2)10-13(7,8)12-14(9,15)11-6(3)4/h5-6H,1-4H3,(H,7,8)(H,9,15). The predicted octanol–water partition coefficient (Wildman–Crippen LogP) is 2.17. The number of hydrogen-bond acceptors (Lipinski definition) is 5. The van der Waals surface area contributed by atoms with Gasteiger partial charge in [0.05, 0.1) is 12.2 Å². The molecule has 92 valence electrons. The summed E-state index contributed by atoms with van der Waals surface area (Å²) in [7, 11) is -4.36. The van der Waals surface area contributed by atoms with E-state index in [1.54, 1.807) is 27.7 Å². The maximum Gasteiger partial charge on any atom is 0.479 e. The van der Waals surface area contributed by atoms with Crippen molar-refractivity contribution in [1.82, 2.24) is 0 Å². The number of hydrogen-bond donors (Lipinski definition) is 2. The molecule has 2 unspecified atom stereocenters. The monoisotopic (exact) mass is 278 g/mol. The predicted molar refractivity (Wildman–Crippen MR) is 59.9 cm³/mol. The normalized spacial score (nSPS) is 20.3. The zero-order valence-electron chi connectivity index (χ0n) is 8.98. The van der Waals surface area contributed by atoms with Crippen molar-refractivity contribution in [3.05, 3.63) is 0 Å². The van der Waals surface area contributed by atoms with E-state index in [0.717, 1.165) is 0 Å². The molecule has 0 bridgehead atoms. The number of rotatable bonds is 6. The number of phosphoric ester groups is 1. The average molecular weight is 278 g/mol. The van der Waals surface area contributed by atoms with Crippen molar-refractivity contribution in [2.45, 2.75) is 39.9 Å². The maximum atomic E-state index is 11.3. The summed E-state index contributed by atoms with van der Waals surface area (Å²) in [6.45, 7) is 2.61. The zero-order valence-corrected chi connectivity index (χ0v) is 11.6. The first-order valence-electron chi connectivity index (χ1n) is 4.28. The lowest BCUT2D eigenvalue weighted by molar-refractivity contribution is 0.139. The lowest BCUT2D eigenvalue weighted by Crippen LogP contribution is -2.05. The Morgan fingerprint density at radius 1 is 1.07 bits per heavy atom. The van der Waals surface area contributed by atoms with Crippen molar-refractivity contribution in [2.24, 2.45) is 0 Å². The fraction of sp³-hybridized carbons (Fsp3) is 1.00. The highest BCUT2D eigenvalue weighted by Crippen LogP contribution is 2.61. The van der Waals surface area contributed by atoms with Crippen LogP contribution in [-0.4, -0.2) is 22.0 Å². The Balaban J connectivity index is 4.44. The highest BCUT2D eigenvalue weighted by Gasteiger charge is 2.32. The van der Waals surface area contributed by atoms with Gasteiger partial charge in [0, 0.05) is 0 Å². The van der Waals surface area contributed by atoms with E-state index >= 15 is 0 Å². The third kappa shape index (κ3) is 8.48. The highest BCUT2D eigenvalue weighted by atomic mass is 32.5. The van der Waals surface area contributed by atoms with Crippen molar-refractivity contribution < 1.29 is 27.7 Å². The minimum absolute atomic E-state index is 0.403. The summed E-state index contributed by atoms with van der Waals surface area (Å²) in [4.78, 5) is 18.6. The van der Waals surface area contributed by atoms with Gasteiger partial charge in [0.2, 0.25) is 0 Å². The van der Waals surface area contributed by atoms with Gasteiger partial charge < -0.3 is 14.3 Å². The third-order valence-corrected chi connectivity index (χ3v) is 4.78. The van der Waals surface area contributed by atoms with Gasteiger partial charge in [-0.2, -0.15) is 0 Å². The first kappa shape index (κ1) is 15.7. The van der Waals surface area contributed by atoms with Gasteiger partial charge in [-0.25, -0.2) is 8.88 Å². The van der Waals surface area contributed by atoms with Gasteiger partial charge >= 0.3 is 14.5 Å². The highest BCUT2D eigenvalue weighted by molar-refractivity contribution is 8.08. The van der Waals surface area contributed by atoms with Crippen LogP contribution in [-0.2, 0) is 29.7 Å². The maximum absolute atomic E-state index is 11.3. The lowest BCUT2D eigenvalue weighted by Gasteiger charge is -2.21. The molecule has 0 aromatic rings. The van der Waals surface area contributed by atoms with Crippen LogP contribution in [0, 0.1) is 0 Å². The second-order valence-electron chi connectivity index (χ2n) is 3.33. The molecular formula is C6H16O6P2S. The minimum atomic E-state index is -4.36. The second kappa shape index (κ2) is 5.84. The van der Waals surface area contributed by atoms with Crippen molar-refractivity contribution in [1.29, 1.82) is 0 Å². The summed E-state index contributed by atoms with van der Waals surface area (Å²) >= 11 is 4.53. The van der Waals surface area contributed by atoms with E-state index in [9.17, 15) is 9.46 Å². The minimum Gasteiger partial charge on any atom is -0.324 e. The topological polar surface area (TPSA) is 85.2 Å². The first-order chi connectivity index (χ1) is 6.54.